The molecule has 4 atom stereocenters. The number of imidazole rings is 1. The summed E-state index contributed by atoms with van der Waals surface area (Å²) in [6, 6.07) is 9.28. The highest BCUT2D eigenvalue weighted by Crippen LogP contribution is 2.36. The molecule has 1 aromatic carbocycles. The fraction of sp³-hybridized carbons (Fsp3) is 0.312. The largest absolute Gasteiger partial charge is 0.394 e. The average Bonchev–Trinajstić information content (AvgIpc) is 3.15. The van der Waals surface area contributed by atoms with Crippen LogP contribution in [-0.4, -0.2) is 59.8 Å². The van der Waals surface area contributed by atoms with Crippen LogP contribution >= 0.6 is 0 Å². The third kappa shape index (κ3) is 2.45. The first kappa shape index (κ1) is 15.9. The molecule has 0 saturated carbocycles. The Bertz CT molecular complexity index is 900. The van der Waals surface area contributed by atoms with Gasteiger partial charge in [-0.25, -0.2) is 15.0 Å². The maximum absolute atomic E-state index is 10.4. The first-order valence-corrected chi connectivity index (χ1v) is 7.78. The van der Waals surface area contributed by atoms with Crippen molar-refractivity contribution in [1.82, 2.24) is 19.5 Å². The van der Waals surface area contributed by atoms with Gasteiger partial charge in [0.2, 0.25) is 0 Å². The van der Waals surface area contributed by atoms with Gasteiger partial charge >= 0.3 is 0 Å². The predicted molar refractivity (Wildman–Crippen MR) is 88.2 cm³/mol. The van der Waals surface area contributed by atoms with Crippen molar-refractivity contribution in [2.45, 2.75) is 24.5 Å². The Morgan fingerprint density at radius 2 is 1.88 bits per heavy atom. The van der Waals surface area contributed by atoms with E-state index in [1.165, 1.54) is 6.33 Å². The summed E-state index contributed by atoms with van der Waals surface area (Å²) < 4.78 is 7.24. The lowest BCUT2D eigenvalue weighted by Crippen LogP contribution is -2.33. The summed E-state index contributed by atoms with van der Waals surface area (Å²) in [5.74, 6) is 0.672. The highest BCUT2D eigenvalue weighted by Gasteiger charge is 2.45. The molecule has 1 aliphatic rings. The van der Waals surface area contributed by atoms with Gasteiger partial charge in [-0.15, -0.1) is 0 Å². The minimum absolute atomic E-state index is 0.202. The summed E-state index contributed by atoms with van der Waals surface area (Å²) in [6.45, 7) is -0.418. The van der Waals surface area contributed by atoms with Gasteiger partial charge in [0.25, 0.3) is 0 Å². The van der Waals surface area contributed by atoms with Gasteiger partial charge in [-0.05, 0) is 0 Å². The smallest absolute Gasteiger partial charge is 0.168 e. The number of anilines is 1. The van der Waals surface area contributed by atoms with Crippen molar-refractivity contribution < 1.29 is 20.1 Å². The second-order valence-electron chi connectivity index (χ2n) is 5.83. The molecule has 4 rings (SSSR count). The third-order valence-corrected chi connectivity index (χ3v) is 4.31. The normalized spacial score (nSPS) is 26.4. The average molecular weight is 343 g/mol. The molecule has 2 aromatic heterocycles. The van der Waals surface area contributed by atoms with Crippen molar-refractivity contribution in [2.75, 3.05) is 12.3 Å². The maximum Gasteiger partial charge on any atom is 0.168 e. The van der Waals surface area contributed by atoms with Crippen LogP contribution < -0.4 is 5.73 Å². The fourth-order valence-electron chi connectivity index (χ4n) is 3.05. The molecule has 0 amide bonds. The van der Waals surface area contributed by atoms with E-state index < -0.39 is 31.1 Å². The Kier molecular flexibility index (Phi) is 3.85. The molecule has 5 N–H and O–H groups in total. The van der Waals surface area contributed by atoms with Gasteiger partial charge in [0.15, 0.2) is 23.2 Å². The zero-order chi connectivity index (χ0) is 17.6. The Morgan fingerprint density at radius 3 is 2.56 bits per heavy atom. The number of aliphatic hydroxyl groups is 3. The van der Waals surface area contributed by atoms with Crippen LogP contribution in [0.3, 0.4) is 0 Å². The van der Waals surface area contributed by atoms with Gasteiger partial charge in [0.1, 0.15) is 30.5 Å². The lowest BCUT2D eigenvalue weighted by atomic mass is 10.1. The number of fused-ring (bicyclic) bond motifs is 1. The van der Waals surface area contributed by atoms with Gasteiger partial charge in [0, 0.05) is 5.56 Å². The van der Waals surface area contributed by atoms with E-state index in [1.807, 2.05) is 30.3 Å². The van der Waals surface area contributed by atoms with Crippen LogP contribution in [0.4, 0.5) is 5.82 Å². The lowest BCUT2D eigenvalue weighted by Gasteiger charge is -2.19. The fourth-order valence-corrected chi connectivity index (χ4v) is 3.05. The monoisotopic (exact) mass is 343 g/mol. The van der Waals surface area contributed by atoms with Crippen molar-refractivity contribution in [3.05, 3.63) is 36.7 Å². The Balaban J connectivity index is 1.94. The number of hydrogen-bond donors (Lipinski definition) is 4. The summed E-state index contributed by atoms with van der Waals surface area (Å²) in [4.78, 5) is 12.7. The molecule has 25 heavy (non-hydrogen) atoms. The van der Waals surface area contributed by atoms with Crippen LogP contribution in [0, 0.1) is 0 Å². The van der Waals surface area contributed by atoms with Crippen LogP contribution in [0.5, 0.6) is 0 Å². The van der Waals surface area contributed by atoms with E-state index in [4.69, 9.17) is 10.5 Å². The molecular formula is C16H17N5O4. The second kappa shape index (κ2) is 6.05. The molecule has 3 aromatic rings. The number of hydrogen-bond acceptors (Lipinski definition) is 8. The molecule has 0 aliphatic carbocycles. The molecule has 0 spiro atoms. The van der Waals surface area contributed by atoms with Crippen LogP contribution in [-0.2, 0) is 4.74 Å². The third-order valence-electron chi connectivity index (χ3n) is 4.31. The lowest BCUT2D eigenvalue weighted by molar-refractivity contribution is -0.0503. The van der Waals surface area contributed by atoms with E-state index in [9.17, 15) is 15.3 Å². The Labute approximate surface area is 142 Å². The molecule has 9 heteroatoms. The molecule has 1 fully saturated rings. The molecule has 1 saturated heterocycles. The van der Waals surface area contributed by atoms with Gasteiger partial charge in [-0.2, -0.15) is 0 Å². The zero-order valence-electron chi connectivity index (χ0n) is 13.1. The topological polar surface area (TPSA) is 140 Å². The van der Waals surface area contributed by atoms with E-state index in [1.54, 1.807) is 4.57 Å². The first-order chi connectivity index (χ1) is 12.1. The Hall–Kier alpha value is -2.59. The summed E-state index contributed by atoms with van der Waals surface area (Å²) in [7, 11) is 0. The SMILES string of the molecule is Nc1ncnc2c1nc(-c1ccccc1)n2[C@@H]1O[C@@H](CO)[C@@H](O)[C@@H]1O. The van der Waals surface area contributed by atoms with Crippen molar-refractivity contribution in [2.24, 2.45) is 0 Å². The van der Waals surface area contributed by atoms with Crippen molar-refractivity contribution in [3.63, 3.8) is 0 Å². The molecule has 3 heterocycles. The summed E-state index contributed by atoms with van der Waals surface area (Å²) >= 11 is 0. The van der Waals surface area contributed by atoms with Crippen LogP contribution in [0.2, 0.25) is 0 Å². The van der Waals surface area contributed by atoms with Gasteiger partial charge < -0.3 is 25.8 Å². The van der Waals surface area contributed by atoms with Crippen molar-refractivity contribution >= 4 is 17.0 Å². The quantitative estimate of drug-likeness (QED) is 0.508. The number of nitrogen functional groups attached to an aromatic ring is 1. The number of nitrogens with two attached hydrogens (primary N) is 1. The summed E-state index contributed by atoms with van der Waals surface area (Å²) in [6.07, 6.45) is -3.06. The van der Waals surface area contributed by atoms with E-state index in [-0.39, 0.29) is 5.82 Å². The highest BCUT2D eigenvalue weighted by atomic mass is 16.6. The Morgan fingerprint density at radius 1 is 1.12 bits per heavy atom. The number of benzene rings is 1. The highest BCUT2D eigenvalue weighted by molar-refractivity contribution is 5.85. The molecular weight excluding hydrogens is 326 g/mol. The summed E-state index contributed by atoms with van der Waals surface area (Å²) in [5.41, 5.74) is 7.42. The summed E-state index contributed by atoms with van der Waals surface area (Å²) in [5, 5.41) is 29.9. The molecule has 130 valence electrons. The van der Waals surface area contributed by atoms with Gasteiger partial charge in [0.05, 0.1) is 6.61 Å². The molecule has 0 radical (unpaired) electrons. The maximum atomic E-state index is 10.4. The van der Waals surface area contributed by atoms with Gasteiger partial charge in [-0.3, -0.25) is 4.57 Å². The molecule has 9 nitrogen and oxygen atoms in total. The molecule has 0 bridgehead atoms. The van der Waals surface area contributed by atoms with E-state index in [0.717, 1.165) is 5.56 Å². The second-order valence-corrected chi connectivity index (χ2v) is 5.83. The van der Waals surface area contributed by atoms with Crippen LogP contribution in [0.15, 0.2) is 36.7 Å². The van der Waals surface area contributed by atoms with Crippen molar-refractivity contribution in [1.29, 1.82) is 0 Å². The molecule has 1 aliphatic heterocycles. The predicted octanol–water partition coefficient (Wildman–Crippen LogP) is -0.313. The van der Waals surface area contributed by atoms with Crippen LogP contribution in [0.25, 0.3) is 22.6 Å². The van der Waals surface area contributed by atoms with Gasteiger partial charge in [-0.1, -0.05) is 30.3 Å². The minimum Gasteiger partial charge on any atom is -0.394 e. The number of aromatic nitrogens is 4. The number of nitrogens with zero attached hydrogens (tertiary/aromatic N) is 4. The minimum atomic E-state index is -1.26. The van der Waals surface area contributed by atoms with E-state index in [2.05, 4.69) is 15.0 Å². The van der Waals surface area contributed by atoms with E-state index in [0.29, 0.717) is 17.0 Å². The number of aliphatic hydroxyl groups excluding tert-OH is 3. The van der Waals surface area contributed by atoms with Crippen LogP contribution in [0.1, 0.15) is 6.23 Å². The zero-order valence-corrected chi connectivity index (χ0v) is 13.1. The standard InChI is InChI=1S/C16H17N5O4/c17-13-10-15(19-7-18-13)21(14(20-10)8-4-2-1-3-5-8)16-12(24)11(23)9(6-22)25-16/h1-5,7,9,11-12,16,22-24H,6H2,(H2,17,18,19)/t9-,11+,12-,16+/m0/s1. The van der Waals surface area contributed by atoms with Crippen molar-refractivity contribution in [3.8, 4) is 11.4 Å². The molecule has 0 unspecified atom stereocenters. The van der Waals surface area contributed by atoms with E-state index >= 15 is 0 Å². The number of rotatable bonds is 3. The first-order valence-electron chi connectivity index (χ1n) is 7.78. The number of ether oxygens (including phenoxy) is 1.